The van der Waals surface area contributed by atoms with E-state index in [1.807, 2.05) is 84.9 Å². The summed E-state index contributed by atoms with van der Waals surface area (Å²) in [4.78, 5) is 2.06. The Bertz CT molecular complexity index is 2440. The van der Waals surface area contributed by atoms with E-state index < -0.39 is 68.5 Å². The zero-order valence-corrected chi connectivity index (χ0v) is 22.6. The van der Waals surface area contributed by atoms with Gasteiger partial charge < -0.3 is 4.90 Å². The molecule has 0 bridgehead atoms. The third kappa shape index (κ3) is 3.62. The van der Waals surface area contributed by atoms with Gasteiger partial charge >= 0.3 is 0 Å². The molecule has 6 aromatic carbocycles. The van der Waals surface area contributed by atoms with Gasteiger partial charge in [0.05, 0.1) is 5.69 Å². The Morgan fingerprint density at radius 2 is 0.952 bits per heavy atom. The SMILES string of the molecule is [2H]C([2H])([2H])C1(C([2H])([2H])[2H])c2ccc(-c3c4ccccc4c(N(c4ccccc4)c4ccccc4)c4ccccc34)cc2C(C([2H])([2H])[2H])(C([2H])([2H])[2H])C1(C([2H])([2H])[2H])C([2H])([2H])[2H]. The Labute approximate surface area is 275 Å². The van der Waals surface area contributed by atoms with Crippen LogP contribution in [-0.4, -0.2) is 0 Å². The topological polar surface area (TPSA) is 3.24 Å². The second-order valence-corrected chi connectivity index (χ2v) is 10.8. The standard InChI is InChI=1S/C41H39N/c1-39(2)35-26-25-28(27-36(35)40(3,4)41(39,5)6)37-31-21-13-15-23-33(31)38(34-24-16-14-22-32(34)37)42(29-17-9-7-10-18-29)30-19-11-8-12-20-30/h7-27H,1-6H3/i1D3,2D3,3D3,4D3,5D3,6D3. The van der Waals surface area contributed by atoms with Crippen molar-refractivity contribution in [3.63, 3.8) is 0 Å². The molecule has 0 spiro atoms. The van der Waals surface area contributed by atoms with Gasteiger partial charge in [0.1, 0.15) is 0 Å². The molecule has 0 fully saturated rings. The molecule has 1 aliphatic rings. The van der Waals surface area contributed by atoms with Gasteiger partial charge in [-0.3, -0.25) is 0 Å². The maximum atomic E-state index is 8.94. The minimum atomic E-state index is -4.48. The first-order valence-corrected chi connectivity index (χ1v) is 13.6. The number of rotatable bonds is 4. The lowest BCUT2D eigenvalue weighted by Gasteiger charge is -2.44. The number of benzene rings is 6. The van der Waals surface area contributed by atoms with Crippen LogP contribution >= 0.6 is 0 Å². The van der Waals surface area contributed by atoms with E-state index in [2.05, 4.69) is 4.90 Å². The third-order valence-electron chi connectivity index (χ3n) is 8.40. The van der Waals surface area contributed by atoms with Gasteiger partial charge in [0.25, 0.3) is 0 Å². The lowest BCUT2D eigenvalue weighted by Crippen LogP contribution is -2.42. The van der Waals surface area contributed by atoms with Crippen LogP contribution in [0.25, 0.3) is 32.7 Å². The summed E-state index contributed by atoms with van der Waals surface area (Å²) in [5.41, 5.74) is -11.9. The Morgan fingerprint density at radius 3 is 1.45 bits per heavy atom. The first-order valence-electron chi connectivity index (χ1n) is 22.6. The molecule has 6 aromatic rings. The van der Waals surface area contributed by atoms with Crippen LogP contribution < -0.4 is 4.90 Å². The molecule has 0 radical (unpaired) electrons. The number of anilines is 3. The highest BCUT2D eigenvalue weighted by atomic mass is 15.1. The fraction of sp³-hybridized carbons (Fsp3) is 0.220. The molecular formula is C41H39N. The summed E-state index contributed by atoms with van der Waals surface area (Å²) in [5, 5.41) is 2.42. The van der Waals surface area contributed by atoms with E-state index in [0.717, 1.165) is 29.2 Å². The van der Waals surface area contributed by atoms with Crippen LogP contribution in [0.1, 0.15) is 76.9 Å². The molecule has 0 heterocycles. The normalized spacial score (nSPS) is 24.6. The molecule has 7 rings (SSSR count). The lowest BCUT2D eigenvalue weighted by atomic mass is 9.59. The van der Waals surface area contributed by atoms with Crippen LogP contribution in [0, 0.1) is 5.41 Å². The molecule has 0 saturated carbocycles. The lowest BCUT2D eigenvalue weighted by molar-refractivity contribution is 0.125. The first-order chi connectivity index (χ1) is 27.6. The summed E-state index contributed by atoms with van der Waals surface area (Å²) in [6.07, 6.45) is 0. The minimum absolute atomic E-state index is 0.0633. The van der Waals surface area contributed by atoms with Crippen molar-refractivity contribution in [2.45, 2.75) is 51.9 Å². The zero-order valence-electron chi connectivity index (χ0n) is 40.6. The highest BCUT2D eigenvalue weighted by Crippen LogP contribution is 2.62. The maximum Gasteiger partial charge on any atom is 0.0618 e. The predicted octanol–water partition coefficient (Wildman–Crippen LogP) is 11.7. The molecule has 0 unspecified atom stereocenters. The monoisotopic (exact) mass is 563 g/mol. The Kier molecular flexibility index (Phi) is 2.95. The molecule has 1 nitrogen and oxygen atoms in total. The van der Waals surface area contributed by atoms with Crippen LogP contribution in [0.15, 0.2) is 127 Å². The summed E-state index contributed by atoms with van der Waals surface area (Å²) >= 11 is 0. The van der Waals surface area contributed by atoms with Crippen molar-refractivity contribution >= 4 is 38.6 Å². The van der Waals surface area contributed by atoms with Gasteiger partial charge in [-0.05, 0) is 73.5 Å². The maximum absolute atomic E-state index is 8.94. The van der Waals surface area contributed by atoms with Crippen LogP contribution in [0.5, 0.6) is 0 Å². The van der Waals surface area contributed by atoms with Gasteiger partial charge in [0, 0.05) is 46.8 Å². The smallest absolute Gasteiger partial charge is 0.0618 e. The van der Waals surface area contributed by atoms with Gasteiger partial charge in [-0.1, -0.05) is 144 Å². The van der Waals surface area contributed by atoms with E-state index in [0.29, 0.717) is 27.1 Å². The van der Waals surface area contributed by atoms with E-state index >= 15 is 0 Å². The number of fused-ring (bicyclic) bond motifs is 3. The number of hydrogen-bond donors (Lipinski definition) is 0. The highest BCUT2D eigenvalue weighted by Gasteiger charge is 2.56. The molecule has 1 heteroatoms. The van der Waals surface area contributed by atoms with Crippen LogP contribution in [0.4, 0.5) is 17.1 Å². The van der Waals surface area contributed by atoms with E-state index in [4.69, 9.17) is 24.7 Å². The minimum Gasteiger partial charge on any atom is -0.309 e. The predicted molar refractivity (Wildman–Crippen MR) is 181 cm³/mol. The van der Waals surface area contributed by atoms with E-state index in [-0.39, 0.29) is 5.56 Å². The average Bonchev–Trinajstić information content (AvgIpc) is 3.44. The largest absolute Gasteiger partial charge is 0.309 e. The van der Waals surface area contributed by atoms with E-state index in [1.165, 1.54) is 6.07 Å². The Morgan fingerprint density at radius 1 is 0.476 bits per heavy atom. The van der Waals surface area contributed by atoms with E-state index in [9.17, 15) is 0 Å². The fourth-order valence-electron chi connectivity index (χ4n) is 6.24. The molecule has 1 aliphatic carbocycles. The molecule has 0 atom stereocenters. The number of para-hydroxylation sites is 2. The second-order valence-electron chi connectivity index (χ2n) is 10.8. The molecule has 42 heavy (non-hydrogen) atoms. The molecule has 0 aliphatic heterocycles. The Hall–Kier alpha value is -4.36. The summed E-state index contributed by atoms with van der Waals surface area (Å²) in [7, 11) is 0. The molecule has 0 amide bonds. The van der Waals surface area contributed by atoms with Crippen LogP contribution in [0.3, 0.4) is 0 Å². The number of hydrogen-bond acceptors (Lipinski definition) is 1. The van der Waals surface area contributed by atoms with Crippen molar-refractivity contribution in [1.29, 1.82) is 0 Å². The van der Waals surface area contributed by atoms with E-state index in [1.54, 1.807) is 24.3 Å². The van der Waals surface area contributed by atoms with Crippen LogP contribution in [0.2, 0.25) is 0 Å². The molecule has 0 N–H and O–H groups in total. The van der Waals surface area contributed by atoms with Crippen molar-refractivity contribution in [3.05, 3.63) is 139 Å². The molecular weight excluding hydrogens is 506 g/mol. The quantitative estimate of drug-likeness (QED) is 0.193. The highest BCUT2D eigenvalue weighted by molar-refractivity contribution is 6.22. The van der Waals surface area contributed by atoms with Crippen molar-refractivity contribution in [1.82, 2.24) is 0 Å². The van der Waals surface area contributed by atoms with Crippen molar-refractivity contribution in [2.24, 2.45) is 5.41 Å². The summed E-state index contributed by atoms with van der Waals surface area (Å²) in [5.74, 6) is 0. The fourth-order valence-corrected chi connectivity index (χ4v) is 6.24. The average molecular weight is 564 g/mol. The molecule has 0 saturated heterocycles. The number of nitrogens with zero attached hydrogens (tertiary/aromatic N) is 1. The first kappa shape index (κ1) is 13.3. The molecule has 208 valence electrons. The van der Waals surface area contributed by atoms with Crippen molar-refractivity contribution < 1.29 is 24.7 Å². The molecule has 0 aromatic heterocycles. The van der Waals surface area contributed by atoms with Crippen LogP contribution in [-0.2, 0) is 10.8 Å². The van der Waals surface area contributed by atoms with Gasteiger partial charge in [0.2, 0.25) is 0 Å². The summed E-state index contributed by atoms with van der Waals surface area (Å²) in [6.45, 7) is -25.3. The van der Waals surface area contributed by atoms with Crippen molar-refractivity contribution in [2.75, 3.05) is 4.90 Å². The summed E-state index contributed by atoms with van der Waals surface area (Å²) in [6, 6.07) is 36.8. The second kappa shape index (κ2) is 9.33. The van der Waals surface area contributed by atoms with Crippen molar-refractivity contribution in [3.8, 4) is 11.1 Å². The Balaban J connectivity index is 1.73. The van der Waals surface area contributed by atoms with Gasteiger partial charge in [-0.25, -0.2) is 0 Å². The van der Waals surface area contributed by atoms with Gasteiger partial charge in [-0.2, -0.15) is 0 Å². The summed E-state index contributed by atoms with van der Waals surface area (Å²) < 4.78 is 160. The van der Waals surface area contributed by atoms with Gasteiger partial charge in [-0.15, -0.1) is 0 Å². The third-order valence-corrected chi connectivity index (χ3v) is 8.40. The van der Waals surface area contributed by atoms with Gasteiger partial charge in [0.15, 0.2) is 0 Å². The zero-order chi connectivity index (χ0) is 44.3.